The van der Waals surface area contributed by atoms with Gasteiger partial charge < -0.3 is 4.74 Å². The molecule has 2 amide bonds. The van der Waals surface area contributed by atoms with Crippen LogP contribution in [0, 0.1) is 0 Å². The number of nitrogens with one attached hydrogen (secondary N) is 2. The number of halogens is 3. The smallest absolute Gasteiger partial charge is 0.433 e. The van der Waals surface area contributed by atoms with Crippen molar-refractivity contribution < 1.29 is 35.9 Å². The number of urea groups is 1. The van der Waals surface area contributed by atoms with E-state index in [4.69, 9.17) is 0 Å². The molecule has 0 aliphatic heterocycles. The van der Waals surface area contributed by atoms with Crippen molar-refractivity contribution in [3.63, 3.8) is 0 Å². The summed E-state index contributed by atoms with van der Waals surface area (Å²) in [6.07, 6.45) is -4.84. The maximum Gasteiger partial charge on any atom is 0.433 e. The average molecular weight is 486 g/mol. The summed E-state index contributed by atoms with van der Waals surface area (Å²) in [4.78, 5) is 30.9. The number of methoxy groups -OCH3 is 1. The molecule has 0 atom stereocenters. The Hall–Kier alpha value is -3.52. The molecule has 3 aromatic rings. The number of anilines is 1. The van der Waals surface area contributed by atoms with Crippen LogP contribution in [0.2, 0.25) is 0 Å². The third kappa shape index (κ3) is 5.20. The van der Waals surface area contributed by atoms with Gasteiger partial charge in [0.05, 0.1) is 23.2 Å². The van der Waals surface area contributed by atoms with Gasteiger partial charge in [0.15, 0.2) is 5.69 Å². The van der Waals surface area contributed by atoms with Crippen LogP contribution in [0.15, 0.2) is 52.7 Å². The zero-order valence-electron chi connectivity index (χ0n) is 16.0. The monoisotopic (exact) mass is 486 g/mol. The van der Waals surface area contributed by atoms with E-state index in [1.165, 1.54) is 24.3 Å². The van der Waals surface area contributed by atoms with Crippen LogP contribution in [0.5, 0.6) is 0 Å². The number of amides is 2. The van der Waals surface area contributed by atoms with Gasteiger partial charge in [-0.15, -0.1) is 11.3 Å². The van der Waals surface area contributed by atoms with Crippen LogP contribution >= 0.6 is 11.3 Å². The second kappa shape index (κ2) is 8.92. The molecule has 0 aliphatic carbocycles. The Morgan fingerprint density at radius 3 is 2.44 bits per heavy atom. The summed E-state index contributed by atoms with van der Waals surface area (Å²) in [6, 6.07) is 7.31. The van der Waals surface area contributed by atoms with Gasteiger partial charge in [0, 0.05) is 0 Å². The number of nitrogens with zero attached hydrogens (tertiary/aromatic N) is 2. The van der Waals surface area contributed by atoms with E-state index < -0.39 is 44.7 Å². The number of hydrogen-bond acceptors (Lipinski definition) is 8. The van der Waals surface area contributed by atoms with Gasteiger partial charge in [-0.2, -0.15) is 13.2 Å². The normalized spacial score (nSPS) is 11.6. The third-order valence-corrected chi connectivity index (χ3v) is 6.11. The van der Waals surface area contributed by atoms with Crippen LogP contribution in [-0.4, -0.2) is 37.5 Å². The molecule has 1 aromatic carbocycles. The van der Waals surface area contributed by atoms with Crippen molar-refractivity contribution in [2.24, 2.45) is 0 Å². The molecule has 0 saturated carbocycles. The Balaban J connectivity index is 1.89. The molecule has 0 saturated heterocycles. The Kier molecular flexibility index (Phi) is 6.45. The van der Waals surface area contributed by atoms with Crippen LogP contribution in [0.1, 0.15) is 16.1 Å². The number of ether oxygens (including phenoxy) is 1. The first-order chi connectivity index (χ1) is 15.0. The number of alkyl halides is 3. The van der Waals surface area contributed by atoms with E-state index in [-0.39, 0.29) is 11.3 Å². The van der Waals surface area contributed by atoms with Gasteiger partial charge in [-0.1, -0.05) is 18.2 Å². The van der Waals surface area contributed by atoms with Crippen molar-refractivity contribution in [3.05, 3.63) is 59.1 Å². The lowest BCUT2D eigenvalue weighted by atomic mass is 10.2. The first-order valence-electron chi connectivity index (χ1n) is 8.52. The number of carbonyl (C=O) groups excluding carboxylic acids is 2. The van der Waals surface area contributed by atoms with E-state index in [1.54, 1.807) is 16.2 Å². The Morgan fingerprint density at radius 1 is 1.09 bits per heavy atom. The van der Waals surface area contributed by atoms with Crippen LogP contribution in [0.4, 0.5) is 23.9 Å². The highest BCUT2D eigenvalue weighted by atomic mass is 32.2. The summed E-state index contributed by atoms with van der Waals surface area (Å²) in [6.45, 7) is 0. The largest absolute Gasteiger partial charge is 0.465 e. The molecule has 2 N–H and O–H groups in total. The van der Waals surface area contributed by atoms with Crippen molar-refractivity contribution in [2.75, 3.05) is 12.4 Å². The summed E-state index contributed by atoms with van der Waals surface area (Å²) in [5.41, 5.74) is -1.78. The van der Waals surface area contributed by atoms with Crippen molar-refractivity contribution >= 4 is 39.3 Å². The zero-order chi connectivity index (χ0) is 23.5. The third-order valence-electron chi connectivity index (χ3n) is 3.82. The number of hydrogen-bond donors (Lipinski definition) is 2. The van der Waals surface area contributed by atoms with Gasteiger partial charge >= 0.3 is 18.2 Å². The molecular weight excluding hydrogens is 473 g/mol. The van der Waals surface area contributed by atoms with E-state index in [2.05, 4.69) is 14.7 Å². The molecule has 0 radical (unpaired) electrons. The standard InChI is InChI=1S/C18H13F3N4O5S2/c1-30-15(26)10-5-2-3-7-13(10)32(28,29)25-17(27)24-16-22-11(12-6-4-8-31-12)9-14(23-16)18(19,20)21/h2-9H,1H3,(H2,22,23,24,25,27). The molecule has 2 heterocycles. The fourth-order valence-corrected chi connectivity index (χ4v) is 4.27. The minimum atomic E-state index is -4.84. The zero-order valence-corrected chi connectivity index (χ0v) is 17.6. The minimum absolute atomic E-state index is 0.114. The van der Waals surface area contributed by atoms with E-state index in [9.17, 15) is 31.2 Å². The molecule has 14 heteroatoms. The molecule has 3 rings (SSSR count). The molecule has 0 bridgehead atoms. The lowest BCUT2D eigenvalue weighted by Crippen LogP contribution is -2.35. The molecule has 2 aromatic heterocycles. The molecule has 32 heavy (non-hydrogen) atoms. The lowest BCUT2D eigenvalue weighted by Gasteiger charge is -2.12. The summed E-state index contributed by atoms with van der Waals surface area (Å²) in [5, 5.41) is 3.50. The van der Waals surface area contributed by atoms with Crippen LogP contribution in [-0.2, 0) is 20.9 Å². The number of benzene rings is 1. The predicted octanol–water partition coefficient (Wildman–Crippen LogP) is 3.52. The van der Waals surface area contributed by atoms with Crippen molar-refractivity contribution in [1.29, 1.82) is 0 Å². The van der Waals surface area contributed by atoms with Crippen LogP contribution in [0.3, 0.4) is 0 Å². The summed E-state index contributed by atoms with van der Waals surface area (Å²) in [7, 11) is -3.55. The summed E-state index contributed by atoms with van der Waals surface area (Å²) >= 11 is 1.11. The van der Waals surface area contributed by atoms with Gasteiger partial charge in [0.1, 0.15) is 4.90 Å². The highest BCUT2D eigenvalue weighted by Gasteiger charge is 2.34. The Bertz CT molecular complexity index is 1260. The topological polar surface area (TPSA) is 127 Å². The molecule has 9 nitrogen and oxygen atoms in total. The van der Waals surface area contributed by atoms with Gasteiger partial charge in [-0.05, 0) is 29.6 Å². The summed E-state index contributed by atoms with van der Waals surface area (Å²) < 4.78 is 70.9. The quantitative estimate of drug-likeness (QED) is 0.528. The van der Waals surface area contributed by atoms with E-state index in [0.717, 1.165) is 24.5 Å². The first-order valence-corrected chi connectivity index (χ1v) is 10.9. The van der Waals surface area contributed by atoms with Gasteiger partial charge in [-0.25, -0.2) is 32.7 Å². The maximum atomic E-state index is 13.2. The fraction of sp³-hybridized carbons (Fsp3) is 0.111. The highest BCUT2D eigenvalue weighted by molar-refractivity contribution is 7.90. The number of aromatic nitrogens is 2. The number of sulfonamides is 1. The van der Waals surface area contributed by atoms with Crippen molar-refractivity contribution in [1.82, 2.24) is 14.7 Å². The molecule has 0 spiro atoms. The minimum Gasteiger partial charge on any atom is -0.465 e. The molecular formula is C18H13F3N4O5S2. The number of rotatable bonds is 5. The number of esters is 1. The SMILES string of the molecule is COC(=O)c1ccccc1S(=O)(=O)NC(=O)Nc1nc(-c2cccs2)cc(C(F)(F)F)n1. The fourth-order valence-electron chi connectivity index (χ4n) is 2.48. The van der Waals surface area contributed by atoms with Crippen LogP contribution in [0.25, 0.3) is 10.6 Å². The molecule has 0 fully saturated rings. The lowest BCUT2D eigenvalue weighted by molar-refractivity contribution is -0.141. The molecule has 0 unspecified atom stereocenters. The van der Waals surface area contributed by atoms with Crippen molar-refractivity contribution in [2.45, 2.75) is 11.1 Å². The second-order valence-corrected chi connectivity index (χ2v) is 8.58. The molecule has 0 aliphatic rings. The first kappa shape index (κ1) is 23.1. The van der Waals surface area contributed by atoms with E-state index in [1.807, 2.05) is 5.32 Å². The number of carbonyl (C=O) groups is 2. The average Bonchev–Trinajstić information content (AvgIpc) is 3.27. The Labute approximate surface area is 183 Å². The predicted molar refractivity (Wildman–Crippen MR) is 107 cm³/mol. The maximum absolute atomic E-state index is 13.2. The second-order valence-electron chi connectivity index (χ2n) is 5.98. The highest BCUT2D eigenvalue weighted by Crippen LogP contribution is 2.32. The summed E-state index contributed by atoms with van der Waals surface area (Å²) in [5.74, 6) is -1.73. The number of thiophene rings is 1. The van der Waals surface area contributed by atoms with Crippen molar-refractivity contribution in [3.8, 4) is 10.6 Å². The van der Waals surface area contributed by atoms with E-state index in [0.29, 0.717) is 10.9 Å². The molecule has 168 valence electrons. The van der Waals surface area contributed by atoms with Crippen LogP contribution < -0.4 is 10.0 Å². The van der Waals surface area contributed by atoms with E-state index >= 15 is 0 Å². The van der Waals surface area contributed by atoms with Gasteiger partial charge in [-0.3, -0.25) is 5.32 Å². The van der Waals surface area contributed by atoms with Gasteiger partial charge in [0.2, 0.25) is 5.95 Å². The Morgan fingerprint density at radius 2 is 1.81 bits per heavy atom. The van der Waals surface area contributed by atoms with Gasteiger partial charge in [0.25, 0.3) is 10.0 Å².